The van der Waals surface area contributed by atoms with Crippen molar-refractivity contribution in [3.05, 3.63) is 59.7 Å². The van der Waals surface area contributed by atoms with Crippen LogP contribution in [-0.4, -0.2) is 44.5 Å². The van der Waals surface area contributed by atoms with Crippen molar-refractivity contribution in [1.82, 2.24) is 4.90 Å². The Balaban J connectivity index is 1.66. The van der Waals surface area contributed by atoms with Gasteiger partial charge in [0.05, 0.1) is 6.54 Å². The third-order valence-corrected chi connectivity index (χ3v) is 5.27. The van der Waals surface area contributed by atoms with Crippen molar-refractivity contribution in [2.75, 3.05) is 37.5 Å². The second kappa shape index (κ2) is 7.81. The Morgan fingerprint density at radius 3 is 2.46 bits per heavy atom. The van der Waals surface area contributed by atoms with Crippen molar-refractivity contribution in [3.8, 4) is 0 Å². The molecule has 0 N–H and O–H groups in total. The van der Waals surface area contributed by atoms with Gasteiger partial charge in [-0.05, 0) is 49.1 Å². The van der Waals surface area contributed by atoms with E-state index in [1.807, 2.05) is 26.0 Å². The van der Waals surface area contributed by atoms with Crippen molar-refractivity contribution >= 4 is 17.3 Å². The summed E-state index contributed by atoms with van der Waals surface area (Å²) in [7, 11) is 5.95. The number of para-hydroxylation sites is 1. The molecular formula is C22H29N3O. The van der Waals surface area contributed by atoms with Gasteiger partial charge in [-0.25, -0.2) is 0 Å². The standard InChI is InChI=1S/C22H29N3O/c1-17-9-12-19-7-5-6-8-21(19)25(17)16-22(26)24(4)15-18-10-13-20(14-11-18)23(2)3/h5-8,10-11,13-14,17H,9,12,15-16H2,1-4H3/t17-/m0/s1. The number of fused-ring (bicyclic) bond motifs is 1. The highest BCUT2D eigenvalue weighted by atomic mass is 16.2. The smallest absolute Gasteiger partial charge is 0.242 e. The fraction of sp³-hybridized carbons (Fsp3) is 0.409. The highest BCUT2D eigenvalue weighted by molar-refractivity contribution is 5.82. The molecule has 1 aliphatic heterocycles. The van der Waals surface area contributed by atoms with Gasteiger partial charge in [-0.2, -0.15) is 0 Å². The number of rotatable bonds is 5. The maximum Gasteiger partial charge on any atom is 0.242 e. The van der Waals surface area contributed by atoms with Crippen LogP contribution in [-0.2, 0) is 17.8 Å². The number of anilines is 2. The molecule has 2 aromatic rings. The van der Waals surface area contributed by atoms with Crippen molar-refractivity contribution in [2.24, 2.45) is 0 Å². The molecule has 0 spiro atoms. The minimum atomic E-state index is 0.158. The van der Waals surface area contributed by atoms with E-state index in [0.29, 0.717) is 19.1 Å². The van der Waals surface area contributed by atoms with Crippen LogP contribution in [0, 0.1) is 0 Å². The molecule has 0 aliphatic carbocycles. The maximum atomic E-state index is 12.8. The molecule has 3 rings (SSSR count). The summed E-state index contributed by atoms with van der Waals surface area (Å²) in [6.45, 7) is 3.28. The zero-order valence-electron chi connectivity index (χ0n) is 16.3. The predicted octanol–water partition coefficient (Wildman–Crippen LogP) is 3.55. The van der Waals surface area contributed by atoms with E-state index in [1.165, 1.54) is 16.9 Å². The molecule has 0 aromatic heterocycles. The minimum Gasteiger partial charge on any atom is -0.378 e. The quantitative estimate of drug-likeness (QED) is 0.824. The molecular weight excluding hydrogens is 322 g/mol. The van der Waals surface area contributed by atoms with E-state index in [0.717, 1.165) is 18.4 Å². The molecule has 26 heavy (non-hydrogen) atoms. The Hall–Kier alpha value is -2.49. The lowest BCUT2D eigenvalue weighted by atomic mass is 9.96. The monoisotopic (exact) mass is 351 g/mol. The van der Waals surface area contributed by atoms with Crippen LogP contribution in [0.3, 0.4) is 0 Å². The molecule has 1 heterocycles. The normalized spacial score (nSPS) is 16.2. The molecule has 4 nitrogen and oxygen atoms in total. The summed E-state index contributed by atoms with van der Waals surface area (Å²) in [5.41, 5.74) is 4.88. The van der Waals surface area contributed by atoms with Gasteiger partial charge in [-0.3, -0.25) is 4.79 Å². The number of benzene rings is 2. The van der Waals surface area contributed by atoms with Crippen molar-refractivity contribution < 1.29 is 4.79 Å². The highest BCUT2D eigenvalue weighted by Crippen LogP contribution is 2.30. The van der Waals surface area contributed by atoms with E-state index in [1.54, 1.807) is 0 Å². The lowest BCUT2D eigenvalue weighted by molar-refractivity contribution is -0.129. The summed E-state index contributed by atoms with van der Waals surface area (Å²) in [6.07, 6.45) is 2.19. The molecule has 0 bridgehead atoms. The van der Waals surface area contributed by atoms with Gasteiger partial charge in [0.1, 0.15) is 0 Å². The number of amides is 1. The number of likely N-dealkylation sites (N-methyl/N-ethyl adjacent to an activating group) is 1. The van der Waals surface area contributed by atoms with E-state index in [-0.39, 0.29) is 5.91 Å². The molecule has 1 aliphatic rings. The van der Waals surface area contributed by atoms with Gasteiger partial charge in [0.15, 0.2) is 0 Å². The molecule has 0 radical (unpaired) electrons. The van der Waals surface area contributed by atoms with Gasteiger partial charge in [0.25, 0.3) is 0 Å². The molecule has 1 amide bonds. The van der Waals surface area contributed by atoms with Crippen LogP contribution in [0.2, 0.25) is 0 Å². The third kappa shape index (κ3) is 4.01. The van der Waals surface area contributed by atoms with Gasteiger partial charge in [-0.1, -0.05) is 30.3 Å². The van der Waals surface area contributed by atoms with Crippen LogP contribution in [0.4, 0.5) is 11.4 Å². The molecule has 0 fully saturated rings. The number of carbonyl (C=O) groups is 1. The lowest BCUT2D eigenvalue weighted by Gasteiger charge is -2.37. The van der Waals surface area contributed by atoms with Crippen LogP contribution in [0.1, 0.15) is 24.5 Å². The topological polar surface area (TPSA) is 26.8 Å². The van der Waals surface area contributed by atoms with Crippen LogP contribution in [0.5, 0.6) is 0 Å². The van der Waals surface area contributed by atoms with Crippen LogP contribution >= 0.6 is 0 Å². The van der Waals surface area contributed by atoms with E-state index in [4.69, 9.17) is 0 Å². The van der Waals surface area contributed by atoms with Crippen LogP contribution in [0.25, 0.3) is 0 Å². The number of aryl methyl sites for hydroxylation is 1. The first-order valence-electron chi connectivity index (χ1n) is 9.30. The molecule has 0 saturated carbocycles. The number of carbonyl (C=O) groups excluding carboxylic acids is 1. The number of hydrogen-bond acceptors (Lipinski definition) is 3. The van der Waals surface area contributed by atoms with Crippen molar-refractivity contribution in [2.45, 2.75) is 32.4 Å². The molecule has 2 aromatic carbocycles. The summed E-state index contributed by atoms with van der Waals surface area (Å²) in [6, 6.07) is 17.2. The summed E-state index contributed by atoms with van der Waals surface area (Å²) in [5, 5.41) is 0. The Morgan fingerprint density at radius 1 is 1.08 bits per heavy atom. The minimum absolute atomic E-state index is 0.158. The van der Waals surface area contributed by atoms with Gasteiger partial charge in [0.2, 0.25) is 5.91 Å². The SMILES string of the molecule is C[C@H]1CCc2ccccc2N1CC(=O)N(C)Cc1ccc(N(C)C)cc1. The molecule has 0 saturated heterocycles. The molecule has 1 atom stereocenters. The lowest BCUT2D eigenvalue weighted by Crippen LogP contribution is -2.44. The van der Waals surface area contributed by atoms with Crippen LogP contribution in [0.15, 0.2) is 48.5 Å². The Bertz CT molecular complexity index is 754. The number of nitrogens with zero attached hydrogens (tertiary/aromatic N) is 3. The van der Waals surface area contributed by atoms with Gasteiger partial charge < -0.3 is 14.7 Å². The van der Waals surface area contributed by atoms with Gasteiger partial charge in [0, 0.05) is 45.1 Å². The first kappa shape index (κ1) is 18.3. The summed E-state index contributed by atoms with van der Waals surface area (Å²) >= 11 is 0. The average molecular weight is 351 g/mol. The van der Waals surface area contributed by atoms with Gasteiger partial charge in [-0.15, -0.1) is 0 Å². The first-order valence-corrected chi connectivity index (χ1v) is 9.30. The summed E-state index contributed by atoms with van der Waals surface area (Å²) in [5.74, 6) is 0.158. The van der Waals surface area contributed by atoms with Gasteiger partial charge >= 0.3 is 0 Å². The fourth-order valence-corrected chi connectivity index (χ4v) is 3.53. The molecule has 0 unspecified atom stereocenters. The zero-order valence-corrected chi connectivity index (χ0v) is 16.3. The van der Waals surface area contributed by atoms with E-state index >= 15 is 0 Å². The number of hydrogen-bond donors (Lipinski definition) is 0. The second-order valence-corrected chi connectivity index (χ2v) is 7.45. The highest BCUT2D eigenvalue weighted by Gasteiger charge is 2.25. The second-order valence-electron chi connectivity index (χ2n) is 7.45. The largest absolute Gasteiger partial charge is 0.378 e. The third-order valence-electron chi connectivity index (χ3n) is 5.27. The van der Waals surface area contributed by atoms with Crippen molar-refractivity contribution in [1.29, 1.82) is 0 Å². The maximum absolute atomic E-state index is 12.8. The zero-order chi connectivity index (χ0) is 18.7. The summed E-state index contributed by atoms with van der Waals surface area (Å²) in [4.78, 5) is 19.0. The van der Waals surface area contributed by atoms with E-state index in [9.17, 15) is 4.79 Å². The van der Waals surface area contributed by atoms with Crippen LogP contribution < -0.4 is 9.80 Å². The molecule has 4 heteroatoms. The fourth-order valence-electron chi connectivity index (χ4n) is 3.53. The van der Waals surface area contributed by atoms with E-state index in [2.05, 4.69) is 65.3 Å². The van der Waals surface area contributed by atoms with Crippen molar-refractivity contribution in [3.63, 3.8) is 0 Å². The summed E-state index contributed by atoms with van der Waals surface area (Å²) < 4.78 is 0. The van der Waals surface area contributed by atoms with E-state index < -0.39 is 0 Å². The Labute approximate surface area is 157 Å². The molecule has 138 valence electrons. The Morgan fingerprint density at radius 2 is 1.77 bits per heavy atom. The first-order chi connectivity index (χ1) is 12.5. The average Bonchev–Trinajstić information content (AvgIpc) is 2.64. The Kier molecular flexibility index (Phi) is 5.50. The predicted molar refractivity (Wildman–Crippen MR) is 109 cm³/mol.